The van der Waals surface area contributed by atoms with Crippen LogP contribution < -0.4 is 4.74 Å². The van der Waals surface area contributed by atoms with Crippen LogP contribution in [0, 0.1) is 0 Å². The third-order valence-corrected chi connectivity index (χ3v) is 3.26. The number of thiazole rings is 1. The fraction of sp³-hybridized carbons (Fsp3) is 0.167. The first kappa shape index (κ1) is 11.6. The maximum absolute atomic E-state index is 11.3. The van der Waals surface area contributed by atoms with Crippen molar-refractivity contribution >= 4 is 17.3 Å². The molecule has 17 heavy (non-hydrogen) atoms. The van der Waals surface area contributed by atoms with Crippen molar-refractivity contribution in [2.75, 3.05) is 14.2 Å². The number of hydrogen-bond donors (Lipinski definition) is 0. The number of aromatic nitrogens is 1. The van der Waals surface area contributed by atoms with E-state index in [0.717, 1.165) is 16.3 Å². The van der Waals surface area contributed by atoms with Gasteiger partial charge in [-0.1, -0.05) is 0 Å². The van der Waals surface area contributed by atoms with E-state index in [2.05, 4.69) is 9.72 Å². The molecule has 4 nitrogen and oxygen atoms in total. The normalized spacial score (nSPS) is 10.0. The molecule has 2 aromatic rings. The zero-order valence-electron chi connectivity index (χ0n) is 9.47. The summed E-state index contributed by atoms with van der Waals surface area (Å²) in [5.41, 5.74) is 0.950. The molecule has 0 amide bonds. The number of rotatable bonds is 3. The van der Waals surface area contributed by atoms with E-state index >= 15 is 0 Å². The minimum Gasteiger partial charge on any atom is -0.497 e. The van der Waals surface area contributed by atoms with Gasteiger partial charge >= 0.3 is 5.97 Å². The van der Waals surface area contributed by atoms with Crippen LogP contribution in [0.2, 0.25) is 0 Å². The van der Waals surface area contributed by atoms with E-state index in [1.54, 1.807) is 7.11 Å². The molecule has 0 saturated carbocycles. The van der Waals surface area contributed by atoms with Crippen molar-refractivity contribution in [2.45, 2.75) is 0 Å². The minimum atomic E-state index is -0.359. The number of benzene rings is 1. The first-order valence-electron chi connectivity index (χ1n) is 4.93. The first-order chi connectivity index (χ1) is 8.24. The Morgan fingerprint density at radius 3 is 2.53 bits per heavy atom. The molecule has 0 aliphatic rings. The maximum Gasteiger partial charge on any atom is 0.349 e. The molecule has 0 unspecified atom stereocenters. The summed E-state index contributed by atoms with van der Waals surface area (Å²) in [5, 5.41) is 0.785. The third kappa shape index (κ3) is 2.45. The monoisotopic (exact) mass is 249 g/mol. The predicted octanol–water partition coefficient (Wildman–Crippen LogP) is 2.61. The Morgan fingerprint density at radius 1 is 1.24 bits per heavy atom. The maximum atomic E-state index is 11.3. The molecule has 5 heteroatoms. The summed E-state index contributed by atoms with van der Waals surface area (Å²) >= 11 is 1.31. The quantitative estimate of drug-likeness (QED) is 0.784. The van der Waals surface area contributed by atoms with Crippen LogP contribution in [-0.2, 0) is 4.74 Å². The highest BCUT2D eigenvalue weighted by atomic mass is 32.1. The average molecular weight is 249 g/mol. The molecule has 0 fully saturated rings. The highest BCUT2D eigenvalue weighted by molar-refractivity contribution is 7.16. The van der Waals surface area contributed by atoms with Crippen LogP contribution in [0.4, 0.5) is 0 Å². The van der Waals surface area contributed by atoms with Gasteiger partial charge in [0.25, 0.3) is 0 Å². The Morgan fingerprint density at radius 2 is 1.94 bits per heavy atom. The minimum absolute atomic E-state index is 0.359. The van der Waals surface area contributed by atoms with Gasteiger partial charge in [0.05, 0.1) is 20.4 Å². The number of methoxy groups -OCH3 is 2. The molecule has 0 radical (unpaired) electrons. The van der Waals surface area contributed by atoms with Crippen molar-refractivity contribution in [3.63, 3.8) is 0 Å². The zero-order valence-corrected chi connectivity index (χ0v) is 10.3. The highest BCUT2D eigenvalue weighted by Crippen LogP contribution is 2.26. The number of hydrogen-bond acceptors (Lipinski definition) is 5. The van der Waals surface area contributed by atoms with Gasteiger partial charge in [0.1, 0.15) is 15.6 Å². The van der Waals surface area contributed by atoms with Crippen LogP contribution in [0.25, 0.3) is 10.6 Å². The molecule has 0 bridgehead atoms. The molecule has 1 aromatic heterocycles. The summed E-state index contributed by atoms with van der Waals surface area (Å²) in [6.07, 6.45) is 1.52. The van der Waals surface area contributed by atoms with Gasteiger partial charge in [0.2, 0.25) is 0 Å². The summed E-state index contributed by atoms with van der Waals surface area (Å²) in [6, 6.07) is 7.51. The van der Waals surface area contributed by atoms with Crippen LogP contribution >= 0.6 is 11.3 Å². The zero-order chi connectivity index (χ0) is 12.3. The molecule has 0 saturated heterocycles. The summed E-state index contributed by atoms with van der Waals surface area (Å²) in [6.45, 7) is 0. The van der Waals surface area contributed by atoms with Crippen molar-refractivity contribution in [3.05, 3.63) is 35.3 Å². The van der Waals surface area contributed by atoms with Gasteiger partial charge in [-0.15, -0.1) is 11.3 Å². The number of carbonyl (C=O) groups is 1. The Kier molecular flexibility index (Phi) is 3.39. The molecule has 0 atom stereocenters. The van der Waals surface area contributed by atoms with E-state index in [1.165, 1.54) is 24.6 Å². The molecule has 1 aromatic carbocycles. The van der Waals surface area contributed by atoms with E-state index in [4.69, 9.17) is 4.74 Å². The summed E-state index contributed by atoms with van der Waals surface area (Å²) in [4.78, 5) is 16.0. The Labute approximate surface area is 103 Å². The van der Waals surface area contributed by atoms with Gasteiger partial charge in [-0.25, -0.2) is 9.78 Å². The Balaban J connectivity index is 2.27. The van der Waals surface area contributed by atoms with E-state index in [0.29, 0.717) is 4.88 Å². The van der Waals surface area contributed by atoms with Crippen LogP contribution in [-0.4, -0.2) is 25.2 Å². The second-order valence-corrected chi connectivity index (χ2v) is 4.28. The average Bonchev–Trinajstić information content (AvgIpc) is 2.87. The van der Waals surface area contributed by atoms with Crippen LogP contribution in [0.3, 0.4) is 0 Å². The van der Waals surface area contributed by atoms with Crippen molar-refractivity contribution < 1.29 is 14.3 Å². The fourth-order valence-corrected chi connectivity index (χ4v) is 2.18. The molecule has 2 rings (SSSR count). The Bertz CT molecular complexity index is 519. The second kappa shape index (κ2) is 4.97. The topological polar surface area (TPSA) is 48.4 Å². The van der Waals surface area contributed by atoms with E-state index in [1.807, 2.05) is 24.3 Å². The van der Waals surface area contributed by atoms with Crippen LogP contribution in [0.15, 0.2) is 30.5 Å². The summed E-state index contributed by atoms with van der Waals surface area (Å²) in [7, 11) is 2.98. The Hall–Kier alpha value is -1.88. The van der Waals surface area contributed by atoms with Crippen LogP contribution in [0.1, 0.15) is 9.67 Å². The largest absolute Gasteiger partial charge is 0.497 e. The molecule has 0 aliphatic heterocycles. The second-order valence-electron chi connectivity index (χ2n) is 3.25. The number of carbonyl (C=O) groups excluding carboxylic acids is 1. The standard InChI is InChI=1S/C12H11NO3S/c1-15-9-5-3-8(4-6-9)11-13-7-10(17-11)12(14)16-2/h3-7H,1-2H3. The number of esters is 1. The number of nitrogens with zero attached hydrogens (tertiary/aromatic N) is 1. The van der Waals surface area contributed by atoms with E-state index in [9.17, 15) is 4.79 Å². The number of ether oxygens (including phenoxy) is 2. The lowest BCUT2D eigenvalue weighted by Gasteiger charge is -1.99. The van der Waals surface area contributed by atoms with Crippen LogP contribution in [0.5, 0.6) is 5.75 Å². The van der Waals surface area contributed by atoms with Crippen molar-refractivity contribution in [2.24, 2.45) is 0 Å². The van der Waals surface area contributed by atoms with Gasteiger partial charge in [-0.05, 0) is 24.3 Å². The van der Waals surface area contributed by atoms with E-state index in [-0.39, 0.29) is 5.97 Å². The highest BCUT2D eigenvalue weighted by Gasteiger charge is 2.11. The van der Waals surface area contributed by atoms with Gasteiger partial charge in [0, 0.05) is 5.56 Å². The van der Waals surface area contributed by atoms with Crippen molar-refractivity contribution in [1.82, 2.24) is 4.98 Å². The van der Waals surface area contributed by atoms with Gasteiger partial charge < -0.3 is 9.47 Å². The molecular weight excluding hydrogens is 238 g/mol. The van der Waals surface area contributed by atoms with E-state index < -0.39 is 0 Å². The fourth-order valence-electron chi connectivity index (χ4n) is 1.34. The summed E-state index contributed by atoms with van der Waals surface area (Å²) in [5.74, 6) is 0.431. The summed E-state index contributed by atoms with van der Waals surface area (Å²) < 4.78 is 9.71. The first-order valence-corrected chi connectivity index (χ1v) is 5.75. The molecule has 0 spiro atoms. The SMILES string of the molecule is COC(=O)c1cnc(-c2ccc(OC)cc2)s1. The molecule has 0 aliphatic carbocycles. The van der Waals surface area contributed by atoms with Gasteiger partial charge in [-0.3, -0.25) is 0 Å². The molecule has 0 N–H and O–H groups in total. The predicted molar refractivity (Wildman–Crippen MR) is 65.4 cm³/mol. The lowest BCUT2D eigenvalue weighted by atomic mass is 10.2. The van der Waals surface area contributed by atoms with Crippen molar-refractivity contribution in [3.8, 4) is 16.3 Å². The third-order valence-electron chi connectivity index (χ3n) is 2.23. The lowest BCUT2D eigenvalue weighted by molar-refractivity contribution is 0.0606. The molecular formula is C12H11NO3S. The smallest absolute Gasteiger partial charge is 0.349 e. The van der Waals surface area contributed by atoms with Gasteiger partial charge in [0.15, 0.2) is 0 Å². The molecule has 1 heterocycles. The van der Waals surface area contributed by atoms with Crippen molar-refractivity contribution in [1.29, 1.82) is 0 Å². The van der Waals surface area contributed by atoms with Gasteiger partial charge in [-0.2, -0.15) is 0 Å². The lowest BCUT2D eigenvalue weighted by Crippen LogP contribution is -1.96. The molecule has 88 valence electrons.